The van der Waals surface area contributed by atoms with Crippen molar-refractivity contribution < 1.29 is 68.6 Å². The van der Waals surface area contributed by atoms with Crippen LogP contribution in [0.4, 0.5) is 0 Å². The molecule has 3 heterocycles. The molecule has 0 amide bonds. The minimum atomic E-state index is -1.81. The Morgan fingerprint density at radius 3 is 2.45 bits per heavy atom. The van der Waals surface area contributed by atoms with Crippen LogP contribution in [0.5, 0.6) is 17.2 Å². The van der Waals surface area contributed by atoms with Crippen LogP contribution in [0.3, 0.4) is 0 Å². The highest BCUT2D eigenvalue weighted by atomic mass is 16.8. The van der Waals surface area contributed by atoms with Gasteiger partial charge in [0, 0.05) is 13.0 Å². The highest BCUT2D eigenvalue weighted by molar-refractivity contribution is 6.00. The second kappa shape index (κ2) is 12.1. The molecule has 14 nitrogen and oxygen atoms in total. The van der Waals surface area contributed by atoms with Crippen LogP contribution in [0.1, 0.15) is 35.4 Å². The molecule has 0 aromatic heterocycles. The molecule has 0 aliphatic carbocycles. The topological polar surface area (TPSA) is 211 Å². The summed E-state index contributed by atoms with van der Waals surface area (Å²) in [5.74, 6) is -0.465. The van der Waals surface area contributed by atoms with Crippen molar-refractivity contribution in [1.29, 1.82) is 0 Å². The maximum absolute atomic E-state index is 12.6. The second-order valence-corrected chi connectivity index (χ2v) is 10.3. The van der Waals surface area contributed by atoms with Crippen molar-refractivity contribution in [2.45, 2.75) is 68.1 Å². The van der Waals surface area contributed by atoms with Gasteiger partial charge in [-0.2, -0.15) is 0 Å². The number of phenolic OH excluding ortho intramolecular Hbond substituents is 1. The first-order valence-electron chi connectivity index (χ1n) is 13.2. The lowest BCUT2D eigenvalue weighted by Gasteiger charge is -2.42. The average Bonchev–Trinajstić information content (AvgIpc) is 3.26. The number of ether oxygens (including phenoxy) is 6. The van der Waals surface area contributed by atoms with E-state index in [1.54, 1.807) is 24.3 Å². The summed E-state index contributed by atoms with van der Waals surface area (Å²) in [6, 6.07) is 10.7. The maximum Gasteiger partial charge on any atom is 0.303 e. The normalized spacial score (nSPS) is 34.4. The van der Waals surface area contributed by atoms with E-state index in [1.807, 2.05) is 0 Å². The summed E-state index contributed by atoms with van der Waals surface area (Å²) in [6.45, 7) is -0.749. The average molecular weight is 593 g/mol. The molecule has 3 aliphatic heterocycles. The van der Waals surface area contributed by atoms with Crippen LogP contribution >= 0.6 is 0 Å². The third-order valence-corrected chi connectivity index (χ3v) is 7.43. The highest BCUT2D eigenvalue weighted by Gasteiger charge is 2.56. The Kier molecular flexibility index (Phi) is 8.68. The molecule has 0 bridgehead atoms. The van der Waals surface area contributed by atoms with Crippen molar-refractivity contribution in [3.8, 4) is 17.2 Å². The van der Waals surface area contributed by atoms with E-state index < -0.39 is 80.6 Å². The zero-order chi connectivity index (χ0) is 30.2. The van der Waals surface area contributed by atoms with Crippen LogP contribution < -0.4 is 9.47 Å². The van der Waals surface area contributed by atoms with Gasteiger partial charge in [-0.15, -0.1) is 0 Å². The number of ketones is 1. The molecule has 2 aromatic carbocycles. The van der Waals surface area contributed by atoms with Crippen molar-refractivity contribution in [1.82, 2.24) is 0 Å². The monoisotopic (exact) mass is 592 g/mol. The number of hydrogen-bond donors (Lipinski definition) is 6. The predicted octanol–water partition coefficient (Wildman–Crippen LogP) is -0.687. The fraction of sp³-hybridized carbons (Fsp3) is 0.500. The molecule has 6 N–H and O–H groups in total. The number of Topliss-reactive ketones (excluding diaryl/α,β-unsaturated/α-hetero) is 1. The number of aliphatic hydroxyl groups excluding tert-OH is 5. The number of hydrogen-bond acceptors (Lipinski definition) is 14. The van der Waals surface area contributed by atoms with Crippen LogP contribution in [-0.2, 0) is 23.7 Å². The fourth-order valence-electron chi connectivity index (χ4n) is 5.15. The Morgan fingerprint density at radius 2 is 1.79 bits per heavy atom. The summed E-state index contributed by atoms with van der Waals surface area (Å²) >= 11 is 0. The molecule has 0 saturated carbocycles. The van der Waals surface area contributed by atoms with E-state index in [-0.39, 0.29) is 29.5 Å². The lowest BCUT2D eigenvalue weighted by atomic mass is 9.96. The third-order valence-electron chi connectivity index (χ3n) is 7.43. The second-order valence-electron chi connectivity index (χ2n) is 10.3. The fourth-order valence-corrected chi connectivity index (χ4v) is 5.15. The van der Waals surface area contributed by atoms with Crippen LogP contribution in [-0.4, -0.2) is 111 Å². The molecule has 2 fully saturated rings. The van der Waals surface area contributed by atoms with E-state index in [9.17, 15) is 40.2 Å². The van der Waals surface area contributed by atoms with E-state index in [2.05, 4.69) is 0 Å². The maximum atomic E-state index is 12.6. The number of aromatic hydroxyl groups is 1. The number of rotatable bonds is 8. The molecular weight excluding hydrogens is 560 g/mol. The number of esters is 1. The van der Waals surface area contributed by atoms with Crippen LogP contribution in [0, 0.1) is 0 Å². The largest absolute Gasteiger partial charge is 0.508 e. The van der Waals surface area contributed by atoms with E-state index in [4.69, 9.17) is 28.4 Å². The molecule has 5 rings (SSSR count). The first-order chi connectivity index (χ1) is 20.0. The number of aliphatic hydroxyl groups is 5. The minimum absolute atomic E-state index is 0.0346. The Morgan fingerprint density at radius 1 is 1.05 bits per heavy atom. The van der Waals surface area contributed by atoms with E-state index >= 15 is 0 Å². The van der Waals surface area contributed by atoms with Gasteiger partial charge in [-0.1, -0.05) is 12.1 Å². The summed E-state index contributed by atoms with van der Waals surface area (Å²) in [5, 5.41) is 61.2. The number of benzene rings is 2. The molecule has 0 radical (unpaired) electrons. The van der Waals surface area contributed by atoms with Gasteiger partial charge >= 0.3 is 5.97 Å². The predicted molar refractivity (Wildman–Crippen MR) is 137 cm³/mol. The lowest BCUT2D eigenvalue weighted by Crippen LogP contribution is -2.62. The molecule has 3 aliphatic rings. The van der Waals surface area contributed by atoms with Crippen molar-refractivity contribution in [3.05, 3.63) is 53.6 Å². The Bertz CT molecular complexity index is 1280. The minimum Gasteiger partial charge on any atom is -0.508 e. The van der Waals surface area contributed by atoms with Gasteiger partial charge in [-0.05, 0) is 29.8 Å². The van der Waals surface area contributed by atoms with Gasteiger partial charge in [0.1, 0.15) is 47.8 Å². The summed E-state index contributed by atoms with van der Waals surface area (Å²) in [7, 11) is 0. The zero-order valence-electron chi connectivity index (χ0n) is 22.4. The molecule has 1 unspecified atom stereocenters. The van der Waals surface area contributed by atoms with Crippen molar-refractivity contribution in [2.75, 3.05) is 19.8 Å². The Labute approximate surface area is 239 Å². The van der Waals surface area contributed by atoms with Gasteiger partial charge in [0.15, 0.2) is 23.8 Å². The number of fused-ring (bicyclic) bond motifs is 1. The van der Waals surface area contributed by atoms with Crippen LogP contribution in [0.2, 0.25) is 0 Å². The summed E-state index contributed by atoms with van der Waals surface area (Å²) < 4.78 is 33.7. The van der Waals surface area contributed by atoms with Crippen molar-refractivity contribution in [2.24, 2.45) is 0 Å². The van der Waals surface area contributed by atoms with Gasteiger partial charge in [0.25, 0.3) is 0 Å². The SMILES string of the molecule is CC(=O)O[C@]1(CO)CO[C@@H](O[C@H]2[C@H](Oc3ccc(C4CC(=O)c5ccc(O)cc5O4)cc3)O[C@H](CO)[C@@H](O)[C@@H]2O)[C@@H]1O. The zero-order valence-corrected chi connectivity index (χ0v) is 22.4. The van der Waals surface area contributed by atoms with Gasteiger partial charge in [0.2, 0.25) is 6.29 Å². The molecule has 2 aromatic rings. The lowest BCUT2D eigenvalue weighted by molar-refractivity contribution is -0.319. The van der Waals surface area contributed by atoms with Gasteiger partial charge < -0.3 is 59.1 Å². The smallest absolute Gasteiger partial charge is 0.303 e. The molecule has 0 spiro atoms. The first-order valence-corrected chi connectivity index (χ1v) is 13.2. The van der Waals surface area contributed by atoms with E-state index in [1.165, 1.54) is 18.2 Å². The number of phenols is 1. The summed E-state index contributed by atoms with van der Waals surface area (Å²) in [4.78, 5) is 24.1. The standard InChI is InChI=1S/C28H32O14/c1-13(31)42-28(11-30)12-37-27(25(28)36)41-24-23(35)22(34)21(10-29)40-26(24)38-16-5-2-14(3-6-16)19-9-18(33)17-7-4-15(32)8-20(17)39-19/h2-8,19,21-27,29-30,32,34-36H,9-12H2,1H3/t19?,21-,22-,23+,24-,25+,26-,27+,28-/m1/s1. The molecule has 2 saturated heterocycles. The van der Waals surface area contributed by atoms with E-state index in [0.29, 0.717) is 11.1 Å². The highest BCUT2D eigenvalue weighted by Crippen LogP contribution is 2.38. The van der Waals surface area contributed by atoms with Gasteiger partial charge in [-0.25, -0.2) is 0 Å². The van der Waals surface area contributed by atoms with Crippen LogP contribution in [0.15, 0.2) is 42.5 Å². The van der Waals surface area contributed by atoms with Crippen molar-refractivity contribution in [3.63, 3.8) is 0 Å². The first kappa shape index (κ1) is 30.1. The molecular formula is C28H32O14. The van der Waals surface area contributed by atoms with Gasteiger partial charge in [-0.3, -0.25) is 9.59 Å². The molecule has 9 atom stereocenters. The summed E-state index contributed by atoms with van der Waals surface area (Å²) in [5.41, 5.74) is -0.791. The summed E-state index contributed by atoms with van der Waals surface area (Å²) in [6.07, 6.45) is -11.1. The van der Waals surface area contributed by atoms with E-state index in [0.717, 1.165) is 6.92 Å². The Balaban J connectivity index is 1.31. The quantitative estimate of drug-likeness (QED) is 0.210. The number of carbonyl (C=O) groups excluding carboxylic acids is 2. The molecule has 42 heavy (non-hydrogen) atoms. The Hall–Kier alpha value is -3.34. The van der Waals surface area contributed by atoms with Crippen LogP contribution in [0.25, 0.3) is 0 Å². The molecule has 228 valence electrons. The third kappa shape index (κ3) is 5.80. The molecule has 14 heteroatoms. The van der Waals surface area contributed by atoms with Crippen molar-refractivity contribution >= 4 is 11.8 Å². The number of carbonyl (C=O) groups is 2. The van der Waals surface area contributed by atoms with Gasteiger partial charge in [0.05, 0.1) is 31.8 Å².